The van der Waals surface area contributed by atoms with Crippen LogP contribution in [0.2, 0.25) is 0 Å². The van der Waals surface area contributed by atoms with E-state index in [4.69, 9.17) is 11.1 Å². The van der Waals surface area contributed by atoms with Crippen molar-refractivity contribution in [2.45, 2.75) is 25.8 Å². The molecule has 1 aliphatic heterocycles. The molecule has 1 aromatic rings. The van der Waals surface area contributed by atoms with Crippen molar-refractivity contribution < 1.29 is 0 Å². The van der Waals surface area contributed by atoms with Crippen LogP contribution in [0.3, 0.4) is 0 Å². The number of hydrogen-bond acceptors (Lipinski definition) is 2. The number of aromatic nitrogens is 2. The highest BCUT2D eigenvalue weighted by Crippen LogP contribution is 2.13. The first-order chi connectivity index (χ1) is 5.77. The number of amidine groups is 1. The minimum atomic E-state index is 0.0666. The van der Waals surface area contributed by atoms with Gasteiger partial charge in [-0.2, -0.15) is 0 Å². The second kappa shape index (κ2) is 2.62. The molecule has 64 valence electrons. The Labute approximate surface area is 70.9 Å². The van der Waals surface area contributed by atoms with Gasteiger partial charge in [-0.05, 0) is 12.8 Å². The number of nitrogens with one attached hydrogen (secondary N) is 1. The molecule has 12 heavy (non-hydrogen) atoms. The summed E-state index contributed by atoms with van der Waals surface area (Å²) in [4.78, 5) is 4.26. The first-order valence-corrected chi connectivity index (χ1v) is 4.18. The highest BCUT2D eigenvalue weighted by Gasteiger charge is 2.12. The normalized spacial score (nSPS) is 15.7. The average Bonchev–Trinajstić information content (AvgIpc) is 2.46. The van der Waals surface area contributed by atoms with E-state index >= 15 is 0 Å². The molecule has 2 heterocycles. The fourth-order valence-electron chi connectivity index (χ4n) is 1.54. The Bertz CT molecular complexity index is 289. The lowest BCUT2D eigenvalue weighted by Gasteiger charge is -2.11. The van der Waals surface area contributed by atoms with E-state index in [0.29, 0.717) is 5.69 Å². The van der Waals surface area contributed by atoms with Crippen molar-refractivity contribution in [1.29, 1.82) is 5.41 Å². The van der Waals surface area contributed by atoms with E-state index in [0.717, 1.165) is 18.8 Å². The van der Waals surface area contributed by atoms with Gasteiger partial charge in [0.15, 0.2) is 0 Å². The SMILES string of the molecule is N=C(N)c1cn2c(n1)CCCC2. The van der Waals surface area contributed by atoms with Crippen LogP contribution in [0.25, 0.3) is 0 Å². The van der Waals surface area contributed by atoms with E-state index in [1.807, 2.05) is 6.20 Å². The standard InChI is InChI=1S/C8H12N4/c9-8(10)6-5-12-4-2-1-3-7(12)11-6/h5H,1-4H2,(H3,9,10). The minimum absolute atomic E-state index is 0.0666. The van der Waals surface area contributed by atoms with E-state index in [-0.39, 0.29) is 5.84 Å². The lowest BCUT2D eigenvalue weighted by molar-refractivity contribution is 0.522. The van der Waals surface area contributed by atoms with E-state index in [1.165, 1.54) is 12.8 Å². The molecule has 2 rings (SSSR count). The van der Waals surface area contributed by atoms with Crippen LogP contribution in [0.4, 0.5) is 0 Å². The molecule has 0 saturated heterocycles. The van der Waals surface area contributed by atoms with Crippen molar-refractivity contribution >= 4 is 5.84 Å². The maximum absolute atomic E-state index is 7.22. The molecule has 0 saturated carbocycles. The lowest BCUT2D eigenvalue weighted by Crippen LogP contribution is -2.11. The van der Waals surface area contributed by atoms with E-state index in [2.05, 4.69) is 9.55 Å². The summed E-state index contributed by atoms with van der Waals surface area (Å²) in [6, 6.07) is 0. The monoisotopic (exact) mass is 164 g/mol. The van der Waals surface area contributed by atoms with Gasteiger partial charge in [0.1, 0.15) is 17.4 Å². The molecular formula is C8H12N4. The van der Waals surface area contributed by atoms with Crippen molar-refractivity contribution in [3.8, 4) is 0 Å². The summed E-state index contributed by atoms with van der Waals surface area (Å²) in [6.07, 6.45) is 5.30. The van der Waals surface area contributed by atoms with Gasteiger partial charge in [0.25, 0.3) is 0 Å². The Morgan fingerprint density at radius 2 is 2.42 bits per heavy atom. The molecular weight excluding hydrogens is 152 g/mol. The Kier molecular flexibility index (Phi) is 1.60. The van der Waals surface area contributed by atoms with Crippen molar-refractivity contribution in [3.05, 3.63) is 17.7 Å². The van der Waals surface area contributed by atoms with E-state index < -0.39 is 0 Å². The smallest absolute Gasteiger partial charge is 0.143 e. The van der Waals surface area contributed by atoms with Gasteiger partial charge < -0.3 is 10.3 Å². The van der Waals surface area contributed by atoms with Crippen molar-refractivity contribution in [2.75, 3.05) is 0 Å². The largest absolute Gasteiger partial charge is 0.382 e. The molecule has 3 N–H and O–H groups in total. The van der Waals surface area contributed by atoms with Crippen LogP contribution in [0.1, 0.15) is 24.4 Å². The summed E-state index contributed by atoms with van der Waals surface area (Å²) in [7, 11) is 0. The average molecular weight is 164 g/mol. The molecule has 0 fully saturated rings. The van der Waals surface area contributed by atoms with Crippen molar-refractivity contribution in [1.82, 2.24) is 9.55 Å². The molecule has 0 radical (unpaired) electrons. The zero-order valence-electron chi connectivity index (χ0n) is 6.88. The summed E-state index contributed by atoms with van der Waals surface area (Å²) in [5.41, 5.74) is 5.95. The van der Waals surface area contributed by atoms with Gasteiger partial charge in [0.05, 0.1) is 0 Å². The van der Waals surface area contributed by atoms with E-state index in [9.17, 15) is 0 Å². The fraction of sp³-hybridized carbons (Fsp3) is 0.500. The molecule has 0 spiro atoms. The summed E-state index contributed by atoms with van der Waals surface area (Å²) in [5.74, 6) is 1.14. The molecule has 4 heteroatoms. The number of imidazole rings is 1. The Morgan fingerprint density at radius 3 is 3.08 bits per heavy atom. The second-order valence-corrected chi connectivity index (χ2v) is 3.11. The zero-order valence-corrected chi connectivity index (χ0v) is 6.88. The molecule has 0 aliphatic carbocycles. The van der Waals surface area contributed by atoms with Gasteiger partial charge in [0.2, 0.25) is 0 Å². The molecule has 0 aromatic carbocycles. The van der Waals surface area contributed by atoms with Gasteiger partial charge in [0, 0.05) is 19.2 Å². The number of hydrogen-bond donors (Lipinski definition) is 2. The number of rotatable bonds is 1. The Balaban J connectivity index is 2.38. The summed E-state index contributed by atoms with van der Waals surface area (Å²) in [6.45, 7) is 1.02. The van der Waals surface area contributed by atoms with Gasteiger partial charge in [-0.15, -0.1) is 0 Å². The number of fused-ring (bicyclic) bond motifs is 1. The van der Waals surface area contributed by atoms with Crippen LogP contribution >= 0.6 is 0 Å². The van der Waals surface area contributed by atoms with Gasteiger partial charge >= 0.3 is 0 Å². The van der Waals surface area contributed by atoms with E-state index in [1.54, 1.807) is 0 Å². The highest BCUT2D eigenvalue weighted by molar-refractivity contribution is 5.92. The second-order valence-electron chi connectivity index (χ2n) is 3.11. The van der Waals surface area contributed by atoms with Crippen molar-refractivity contribution in [2.24, 2.45) is 5.73 Å². The summed E-state index contributed by atoms with van der Waals surface area (Å²) in [5, 5.41) is 7.22. The van der Waals surface area contributed by atoms with Gasteiger partial charge in [-0.3, -0.25) is 5.41 Å². The number of nitrogens with zero attached hydrogens (tertiary/aromatic N) is 2. The van der Waals surface area contributed by atoms with Crippen LogP contribution in [0.5, 0.6) is 0 Å². The van der Waals surface area contributed by atoms with Crippen LogP contribution in [-0.2, 0) is 13.0 Å². The minimum Gasteiger partial charge on any atom is -0.382 e. The van der Waals surface area contributed by atoms with Crippen molar-refractivity contribution in [3.63, 3.8) is 0 Å². The third-order valence-corrected chi connectivity index (χ3v) is 2.18. The first kappa shape index (κ1) is 7.34. The molecule has 1 aliphatic rings. The van der Waals surface area contributed by atoms with Crippen LogP contribution in [0, 0.1) is 5.41 Å². The van der Waals surface area contributed by atoms with Crippen LogP contribution < -0.4 is 5.73 Å². The molecule has 1 aromatic heterocycles. The predicted molar refractivity (Wildman–Crippen MR) is 46.2 cm³/mol. The molecule has 0 atom stereocenters. The maximum atomic E-state index is 7.22. The maximum Gasteiger partial charge on any atom is 0.143 e. The molecule has 0 amide bonds. The number of nitrogen functional groups attached to an aromatic ring is 1. The number of nitrogens with two attached hydrogens (primary N) is 1. The number of aryl methyl sites for hydroxylation is 2. The lowest BCUT2D eigenvalue weighted by atomic mass is 10.2. The van der Waals surface area contributed by atoms with Crippen LogP contribution in [0.15, 0.2) is 6.20 Å². The summed E-state index contributed by atoms with van der Waals surface area (Å²) >= 11 is 0. The molecule has 4 nitrogen and oxygen atoms in total. The quantitative estimate of drug-likeness (QED) is 0.469. The molecule has 0 unspecified atom stereocenters. The predicted octanol–water partition coefficient (Wildman–Crippen LogP) is 0.503. The fourth-order valence-corrected chi connectivity index (χ4v) is 1.54. The topological polar surface area (TPSA) is 67.7 Å². The van der Waals surface area contributed by atoms with Gasteiger partial charge in [-0.1, -0.05) is 0 Å². The Morgan fingerprint density at radius 1 is 1.58 bits per heavy atom. The highest BCUT2D eigenvalue weighted by atomic mass is 15.1. The first-order valence-electron chi connectivity index (χ1n) is 4.18. The third kappa shape index (κ3) is 1.09. The van der Waals surface area contributed by atoms with Gasteiger partial charge in [-0.25, -0.2) is 4.98 Å². The summed E-state index contributed by atoms with van der Waals surface area (Å²) < 4.78 is 2.10. The zero-order chi connectivity index (χ0) is 8.55. The third-order valence-electron chi connectivity index (χ3n) is 2.18. The molecule has 0 bridgehead atoms. The van der Waals surface area contributed by atoms with Crippen LogP contribution in [-0.4, -0.2) is 15.4 Å². The Hall–Kier alpha value is -1.32.